The number of rotatable bonds is 3. The average molecular weight is 222 g/mol. The first-order valence-electron chi connectivity index (χ1n) is 5.85. The largest absolute Gasteiger partial charge is 0.329 e. The molecule has 0 spiro atoms. The van der Waals surface area contributed by atoms with Crippen molar-refractivity contribution in [3.05, 3.63) is 35.1 Å². The smallest absolute Gasteiger partial charge is 0.128 e. The minimum atomic E-state index is -0.0952. The zero-order valence-electron chi connectivity index (χ0n) is 9.91. The predicted molar refractivity (Wildman–Crippen MR) is 63.4 cm³/mol. The second-order valence-electron chi connectivity index (χ2n) is 4.88. The summed E-state index contributed by atoms with van der Waals surface area (Å²) in [5, 5.41) is 0. The standard InChI is InChI=1S/C13H19FN2/c1-9(2)7-16-8-11-10(13(16)6-15)4-3-5-12(11)14/h3-5,9,13H,6-8,15H2,1-2H3. The van der Waals surface area contributed by atoms with Crippen LogP contribution in [0.2, 0.25) is 0 Å². The summed E-state index contributed by atoms with van der Waals surface area (Å²) in [5.41, 5.74) is 7.71. The quantitative estimate of drug-likeness (QED) is 0.850. The van der Waals surface area contributed by atoms with E-state index in [1.54, 1.807) is 6.07 Å². The number of fused-ring (bicyclic) bond motifs is 1. The third-order valence-electron chi connectivity index (χ3n) is 3.14. The number of halogens is 1. The van der Waals surface area contributed by atoms with Crippen molar-refractivity contribution in [2.75, 3.05) is 13.1 Å². The summed E-state index contributed by atoms with van der Waals surface area (Å²) in [7, 11) is 0. The van der Waals surface area contributed by atoms with E-state index in [9.17, 15) is 4.39 Å². The molecule has 2 rings (SSSR count). The van der Waals surface area contributed by atoms with Crippen LogP contribution >= 0.6 is 0 Å². The van der Waals surface area contributed by atoms with E-state index in [4.69, 9.17) is 5.73 Å². The van der Waals surface area contributed by atoms with Crippen LogP contribution in [0.25, 0.3) is 0 Å². The highest BCUT2D eigenvalue weighted by molar-refractivity contribution is 5.35. The number of nitrogens with two attached hydrogens (primary N) is 1. The minimum Gasteiger partial charge on any atom is -0.329 e. The second-order valence-corrected chi connectivity index (χ2v) is 4.88. The summed E-state index contributed by atoms with van der Waals surface area (Å²) < 4.78 is 13.6. The summed E-state index contributed by atoms with van der Waals surface area (Å²) in [5.74, 6) is 0.480. The van der Waals surface area contributed by atoms with Crippen molar-refractivity contribution in [2.24, 2.45) is 11.7 Å². The second kappa shape index (κ2) is 4.52. The highest BCUT2D eigenvalue weighted by Crippen LogP contribution is 2.34. The molecule has 1 heterocycles. The number of hydrogen-bond donors (Lipinski definition) is 1. The molecule has 0 amide bonds. The summed E-state index contributed by atoms with van der Waals surface area (Å²) in [6.45, 7) is 6.57. The first kappa shape index (κ1) is 11.6. The first-order chi connectivity index (χ1) is 7.63. The lowest BCUT2D eigenvalue weighted by Gasteiger charge is -2.25. The highest BCUT2D eigenvalue weighted by atomic mass is 19.1. The topological polar surface area (TPSA) is 29.3 Å². The van der Waals surface area contributed by atoms with Gasteiger partial charge in [-0.05, 0) is 17.5 Å². The van der Waals surface area contributed by atoms with Crippen LogP contribution in [0, 0.1) is 11.7 Å². The van der Waals surface area contributed by atoms with Crippen molar-refractivity contribution >= 4 is 0 Å². The van der Waals surface area contributed by atoms with Gasteiger partial charge in [0.05, 0.1) is 0 Å². The zero-order valence-corrected chi connectivity index (χ0v) is 9.91. The third kappa shape index (κ3) is 1.97. The highest BCUT2D eigenvalue weighted by Gasteiger charge is 2.30. The van der Waals surface area contributed by atoms with Crippen LogP contribution in [0.15, 0.2) is 18.2 Å². The van der Waals surface area contributed by atoms with Crippen LogP contribution in [0.5, 0.6) is 0 Å². The molecule has 0 saturated carbocycles. The fourth-order valence-electron chi connectivity index (χ4n) is 2.50. The van der Waals surface area contributed by atoms with Gasteiger partial charge in [-0.1, -0.05) is 26.0 Å². The van der Waals surface area contributed by atoms with E-state index < -0.39 is 0 Å². The average Bonchev–Trinajstić information content (AvgIpc) is 2.56. The molecule has 1 unspecified atom stereocenters. The monoisotopic (exact) mass is 222 g/mol. The van der Waals surface area contributed by atoms with E-state index in [1.807, 2.05) is 6.07 Å². The molecule has 1 atom stereocenters. The Balaban J connectivity index is 2.28. The van der Waals surface area contributed by atoms with Crippen LogP contribution in [0.1, 0.15) is 31.0 Å². The zero-order chi connectivity index (χ0) is 11.7. The van der Waals surface area contributed by atoms with Crippen molar-refractivity contribution in [2.45, 2.75) is 26.4 Å². The van der Waals surface area contributed by atoms with E-state index in [0.717, 1.165) is 17.7 Å². The van der Waals surface area contributed by atoms with E-state index >= 15 is 0 Å². The fraction of sp³-hybridized carbons (Fsp3) is 0.538. The molecule has 16 heavy (non-hydrogen) atoms. The van der Waals surface area contributed by atoms with Gasteiger partial charge in [0.25, 0.3) is 0 Å². The summed E-state index contributed by atoms with van der Waals surface area (Å²) in [4.78, 5) is 2.28. The van der Waals surface area contributed by atoms with Crippen LogP contribution in [-0.2, 0) is 6.54 Å². The number of hydrogen-bond acceptors (Lipinski definition) is 2. The van der Waals surface area contributed by atoms with Crippen LogP contribution < -0.4 is 5.73 Å². The van der Waals surface area contributed by atoms with Crippen LogP contribution in [0.4, 0.5) is 4.39 Å². The molecule has 88 valence electrons. The molecule has 1 aliphatic rings. The van der Waals surface area contributed by atoms with Crippen LogP contribution in [-0.4, -0.2) is 18.0 Å². The Labute approximate surface area is 96.2 Å². The van der Waals surface area contributed by atoms with Gasteiger partial charge in [0.15, 0.2) is 0 Å². The van der Waals surface area contributed by atoms with E-state index in [0.29, 0.717) is 19.0 Å². The van der Waals surface area contributed by atoms with Gasteiger partial charge >= 0.3 is 0 Å². The Bertz CT molecular complexity index is 376. The van der Waals surface area contributed by atoms with Gasteiger partial charge in [-0.15, -0.1) is 0 Å². The van der Waals surface area contributed by atoms with E-state index in [2.05, 4.69) is 18.7 Å². The molecular weight excluding hydrogens is 203 g/mol. The van der Waals surface area contributed by atoms with Gasteiger partial charge in [0.2, 0.25) is 0 Å². The van der Waals surface area contributed by atoms with Crippen molar-refractivity contribution in [1.29, 1.82) is 0 Å². The summed E-state index contributed by atoms with van der Waals surface area (Å²) in [6, 6.07) is 5.49. The molecule has 0 fully saturated rings. The third-order valence-corrected chi connectivity index (χ3v) is 3.14. The molecule has 1 aromatic carbocycles. The molecule has 0 aliphatic carbocycles. The molecule has 2 N–H and O–H groups in total. The molecule has 0 saturated heterocycles. The number of benzene rings is 1. The van der Waals surface area contributed by atoms with Crippen LogP contribution in [0.3, 0.4) is 0 Å². The predicted octanol–water partition coefficient (Wildman–Crippen LogP) is 2.30. The first-order valence-corrected chi connectivity index (χ1v) is 5.85. The molecule has 3 heteroatoms. The SMILES string of the molecule is CC(C)CN1Cc2c(F)cccc2C1CN. The number of nitrogens with zero attached hydrogens (tertiary/aromatic N) is 1. The summed E-state index contributed by atoms with van der Waals surface area (Å²) >= 11 is 0. The lowest BCUT2D eigenvalue weighted by Crippen LogP contribution is -2.30. The molecule has 2 nitrogen and oxygen atoms in total. The Morgan fingerprint density at radius 3 is 2.88 bits per heavy atom. The Hall–Kier alpha value is -0.930. The van der Waals surface area contributed by atoms with Gasteiger partial charge in [-0.2, -0.15) is 0 Å². The Kier molecular flexibility index (Phi) is 3.26. The maximum Gasteiger partial charge on any atom is 0.128 e. The minimum absolute atomic E-state index is 0.0952. The van der Waals surface area contributed by atoms with Crippen molar-refractivity contribution in [3.8, 4) is 0 Å². The lowest BCUT2D eigenvalue weighted by molar-refractivity contribution is 0.195. The van der Waals surface area contributed by atoms with Crippen molar-refractivity contribution < 1.29 is 4.39 Å². The summed E-state index contributed by atoms with van der Waals surface area (Å²) in [6.07, 6.45) is 0. The van der Waals surface area contributed by atoms with Gasteiger partial charge in [0.1, 0.15) is 5.82 Å². The molecule has 1 aromatic rings. The molecule has 0 radical (unpaired) electrons. The molecule has 0 aromatic heterocycles. The van der Waals surface area contributed by atoms with Gasteiger partial charge < -0.3 is 5.73 Å². The van der Waals surface area contributed by atoms with Gasteiger partial charge in [0, 0.05) is 31.2 Å². The molecule has 0 bridgehead atoms. The maximum atomic E-state index is 13.6. The Morgan fingerprint density at radius 2 is 2.25 bits per heavy atom. The van der Waals surface area contributed by atoms with Crippen molar-refractivity contribution in [1.82, 2.24) is 4.90 Å². The van der Waals surface area contributed by atoms with E-state index in [1.165, 1.54) is 6.07 Å². The van der Waals surface area contributed by atoms with Gasteiger partial charge in [-0.3, -0.25) is 4.90 Å². The molecule has 1 aliphatic heterocycles. The van der Waals surface area contributed by atoms with E-state index in [-0.39, 0.29) is 11.9 Å². The lowest BCUT2D eigenvalue weighted by atomic mass is 10.0. The normalized spacial score (nSPS) is 20.4. The fourth-order valence-corrected chi connectivity index (χ4v) is 2.50. The van der Waals surface area contributed by atoms with Crippen molar-refractivity contribution in [3.63, 3.8) is 0 Å². The molecular formula is C13H19FN2. The van der Waals surface area contributed by atoms with Gasteiger partial charge in [-0.25, -0.2) is 4.39 Å². The Morgan fingerprint density at radius 1 is 1.50 bits per heavy atom. The maximum absolute atomic E-state index is 13.6.